The largest absolute Gasteiger partial charge is 0.353 e. The van der Waals surface area contributed by atoms with Crippen molar-refractivity contribution in [2.24, 2.45) is 0 Å². The van der Waals surface area contributed by atoms with Crippen molar-refractivity contribution in [1.29, 1.82) is 0 Å². The molecule has 0 spiro atoms. The number of carbonyl (C=O) groups excluding carboxylic acids is 1. The van der Waals surface area contributed by atoms with Crippen LogP contribution in [0.5, 0.6) is 0 Å². The first-order valence-corrected chi connectivity index (χ1v) is 11.9. The number of aryl methyl sites for hydroxylation is 1. The van der Waals surface area contributed by atoms with E-state index in [0.717, 1.165) is 69.8 Å². The highest BCUT2D eigenvalue weighted by atomic mass is 35.5. The zero-order valence-electron chi connectivity index (χ0n) is 18.1. The Morgan fingerprint density at radius 1 is 1.13 bits per heavy atom. The molecule has 1 N–H and O–H groups in total. The molecule has 5 rings (SSSR count). The molecule has 31 heavy (non-hydrogen) atoms. The van der Waals surface area contributed by atoms with Crippen LogP contribution in [0.15, 0.2) is 30.6 Å². The summed E-state index contributed by atoms with van der Waals surface area (Å²) in [5.74, 6) is 1.65. The van der Waals surface area contributed by atoms with Gasteiger partial charge in [0, 0.05) is 48.5 Å². The number of halogens is 1. The predicted octanol–water partition coefficient (Wildman–Crippen LogP) is 3.36. The quantitative estimate of drug-likeness (QED) is 0.791. The Kier molecular flexibility index (Phi) is 5.85. The molecule has 2 saturated heterocycles. The van der Waals surface area contributed by atoms with Crippen LogP contribution in [-0.4, -0.2) is 59.5 Å². The molecule has 0 unspecified atom stereocenters. The van der Waals surface area contributed by atoms with Gasteiger partial charge in [0.25, 0.3) is 0 Å². The van der Waals surface area contributed by atoms with Crippen molar-refractivity contribution < 1.29 is 4.79 Å². The molecule has 6 nitrogen and oxygen atoms in total. The lowest BCUT2D eigenvalue weighted by Crippen LogP contribution is -2.52. The number of carbonyl (C=O) groups is 1. The lowest BCUT2D eigenvalue weighted by atomic mass is 9.89. The van der Waals surface area contributed by atoms with Gasteiger partial charge in [-0.15, -0.1) is 0 Å². The van der Waals surface area contributed by atoms with Gasteiger partial charge in [-0.3, -0.25) is 4.79 Å². The van der Waals surface area contributed by atoms with Gasteiger partial charge in [-0.2, -0.15) is 0 Å². The second-order valence-electron chi connectivity index (χ2n) is 9.04. The fourth-order valence-corrected chi connectivity index (χ4v) is 5.55. The number of amides is 1. The zero-order chi connectivity index (χ0) is 21.4. The molecule has 3 aliphatic rings. The summed E-state index contributed by atoms with van der Waals surface area (Å²) in [4.78, 5) is 27.2. The predicted molar refractivity (Wildman–Crippen MR) is 123 cm³/mol. The average Bonchev–Trinajstić information content (AvgIpc) is 3.46. The van der Waals surface area contributed by atoms with E-state index in [1.807, 2.05) is 29.2 Å². The van der Waals surface area contributed by atoms with Crippen LogP contribution < -0.4 is 10.2 Å². The van der Waals surface area contributed by atoms with Gasteiger partial charge in [-0.1, -0.05) is 30.7 Å². The van der Waals surface area contributed by atoms with Crippen molar-refractivity contribution in [3.8, 4) is 0 Å². The fraction of sp³-hybridized carbons (Fsp3) is 0.542. The Labute approximate surface area is 189 Å². The Morgan fingerprint density at radius 2 is 1.90 bits per heavy atom. The third-order valence-electron chi connectivity index (χ3n) is 7.14. The first-order valence-electron chi connectivity index (χ1n) is 11.5. The molecule has 0 bridgehead atoms. The number of hydrogen-bond donors (Lipinski definition) is 1. The standard InChI is InChI=1S/C24H30ClN5O/c1-16-4-9-20-21(16)23(28-15-27-20)29-11-13-30(14-12-29)24(31)22(19-3-2-10-26-19)17-5-7-18(25)8-6-17/h5-8,15-16,19,22,26H,2-4,9-14H2,1H3/t16-,19+,22+/m1/s1. The number of hydrogen-bond acceptors (Lipinski definition) is 5. The molecule has 0 saturated carbocycles. The maximum Gasteiger partial charge on any atom is 0.231 e. The molecule has 1 aromatic carbocycles. The number of piperazine rings is 1. The number of anilines is 1. The highest BCUT2D eigenvalue weighted by Crippen LogP contribution is 2.37. The van der Waals surface area contributed by atoms with Gasteiger partial charge in [0.05, 0.1) is 5.92 Å². The summed E-state index contributed by atoms with van der Waals surface area (Å²) in [5.41, 5.74) is 3.57. The molecule has 7 heteroatoms. The van der Waals surface area contributed by atoms with Gasteiger partial charge in [0.1, 0.15) is 12.1 Å². The van der Waals surface area contributed by atoms with Crippen molar-refractivity contribution in [2.75, 3.05) is 37.6 Å². The number of aromatic nitrogens is 2. The summed E-state index contributed by atoms with van der Waals surface area (Å²) in [6.45, 7) is 6.32. The third kappa shape index (κ3) is 4.03. The van der Waals surface area contributed by atoms with Crippen LogP contribution in [0.1, 0.15) is 54.8 Å². The minimum absolute atomic E-state index is 0.158. The van der Waals surface area contributed by atoms with Gasteiger partial charge in [0.2, 0.25) is 5.91 Å². The number of rotatable bonds is 4. The lowest BCUT2D eigenvalue weighted by Gasteiger charge is -2.38. The summed E-state index contributed by atoms with van der Waals surface area (Å²) < 4.78 is 0. The third-order valence-corrected chi connectivity index (χ3v) is 7.39. The van der Waals surface area contributed by atoms with Crippen molar-refractivity contribution in [1.82, 2.24) is 20.2 Å². The van der Waals surface area contributed by atoms with E-state index in [0.29, 0.717) is 10.9 Å². The topological polar surface area (TPSA) is 61.4 Å². The van der Waals surface area contributed by atoms with Crippen LogP contribution in [0.3, 0.4) is 0 Å². The van der Waals surface area contributed by atoms with E-state index in [4.69, 9.17) is 11.6 Å². The van der Waals surface area contributed by atoms with Gasteiger partial charge >= 0.3 is 0 Å². The number of benzene rings is 1. The summed E-state index contributed by atoms with van der Waals surface area (Å²) >= 11 is 6.10. The van der Waals surface area contributed by atoms with Crippen molar-refractivity contribution >= 4 is 23.3 Å². The Morgan fingerprint density at radius 3 is 2.61 bits per heavy atom. The molecule has 2 aliphatic heterocycles. The van der Waals surface area contributed by atoms with Crippen molar-refractivity contribution in [3.05, 3.63) is 52.4 Å². The molecule has 1 amide bonds. The van der Waals surface area contributed by atoms with Crippen LogP contribution in [-0.2, 0) is 11.2 Å². The molecule has 3 heterocycles. The van der Waals surface area contributed by atoms with E-state index >= 15 is 0 Å². The molecule has 2 aromatic rings. The zero-order valence-corrected chi connectivity index (χ0v) is 18.8. The van der Waals surface area contributed by atoms with E-state index in [1.54, 1.807) is 6.33 Å². The summed E-state index contributed by atoms with van der Waals surface area (Å²) in [6.07, 6.45) is 6.04. The van der Waals surface area contributed by atoms with Crippen molar-refractivity contribution in [3.63, 3.8) is 0 Å². The molecule has 0 radical (unpaired) electrons. The fourth-order valence-electron chi connectivity index (χ4n) is 5.42. The van der Waals surface area contributed by atoms with Crippen LogP contribution in [0.4, 0.5) is 5.82 Å². The molecule has 1 aliphatic carbocycles. The second kappa shape index (κ2) is 8.75. The minimum atomic E-state index is -0.158. The molecule has 1 aromatic heterocycles. The SMILES string of the molecule is C[C@@H]1CCc2ncnc(N3CCN(C(=O)[C@@H](c4ccc(Cl)cc4)[C@@H]4CCCN4)CC3)c21. The maximum atomic E-state index is 13.7. The number of fused-ring (bicyclic) bond motifs is 1. The molecule has 3 atom stereocenters. The van der Waals surface area contributed by atoms with Crippen LogP contribution in [0.25, 0.3) is 0 Å². The summed E-state index contributed by atoms with van der Waals surface area (Å²) in [5, 5.41) is 4.25. The number of nitrogens with zero attached hydrogens (tertiary/aromatic N) is 4. The van der Waals surface area contributed by atoms with Gasteiger partial charge in [-0.05, 0) is 55.8 Å². The van der Waals surface area contributed by atoms with Crippen molar-refractivity contribution in [2.45, 2.75) is 50.5 Å². The first kappa shape index (κ1) is 20.7. The number of nitrogens with one attached hydrogen (secondary N) is 1. The molecular weight excluding hydrogens is 410 g/mol. The Bertz CT molecular complexity index is 935. The van der Waals surface area contributed by atoms with E-state index in [-0.39, 0.29) is 17.9 Å². The maximum absolute atomic E-state index is 13.7. The smallest absolute Gasteiger partial charge is 0.231 e. The monoisotopic (exact) mass is 439 g/mol. The minimum Gasteiger partial charge on any atom is -0.353 e. The second-order valence-corrected chi connectivity index (χ2v) is 9.48. The Hall–Kier alpha value is -2.18. The van der Waals surface area contributed by atoms with Gasteiger partial charge in [0.15, 0.2) is 0 Å². The highest BCUT2D eigenvalue weighted by molar-refractivity contribution is 6.30. The normalized spacial score (nSPS) is 24.3. The van der Waals surface area contributed by atoms with E-state index in [2.05, 4.69) is 27.1 Å². The first-order chi connectivity index (χ1) is 15.1. The summed E-state index contributed by atoms with van der Waals surface area (Å²) in [7, 11) is 0. The van der Waals surface area contributed by atoms with Gasteiger partial charge < -0.3 is 15.1 Å². The average molecular weight is 440 g/mol. The van der Waals surface area contributed by atoms with E-state index in [9.17, 15) is 4.79 Å². The van der Waals surface area contributed by atoms with E-state index < -0.39 is 0 Å². The van der Waals surface area contributed by atoms with Crippen LogP contribution >= 0.6 is 11.6 Å². The lowest BCUT2D eigenvalue weighted by molar-refractivity contribution is -0.133. The molecule has 2 fully saturated rings. The highest BCUT2D eigenvalue weighted by Gasteiger charge is 2.36. The van der Waals surface area contributed by atoms with E-state index in [1.165, 1.54) is 11.3 Å². The van der Waals surface area contributed by atoms with Gasteiger partial charge in [-0.25, -0.2) is 9.97 Å². The Balaban J connectivity index is 1.32. The summed E-state index contributed by atoms with van der Waals surface area (Å²) in [6, 6.07) is 7.99. The molecular formula is C24H30ClN5O. The molecule has 164 valence electrons. The van der Waals surface area contributed by atoms with Crippen LogP contribution in [0.2, 0.25) is 5.02 Å². The van der Waals surface area contributed by atoms with Crippen LogP contribution in [0, 0.1) is 0 Å².